The van der Waals surface area contributed by atoms with Crippen molar-refractivity contribution in [2.24, 2.45) is 0 Å². The Hall–Kier alpha value is -0.900. The predicted molar refractivity (Wildman–Crippen MR) is 77.2 cm³/mol. The molecule has 19 heavy (non-hydrogen) atoms. The van der Waals surface area contributed by atoms with E-state index >= 15 is 0 Å². The summed E-state index contributed by atoms with van der Waals surface area (Å²) in [5, 5.41) is 13.2. The lowest BCUT2D eigenvalue weighted by atomic mass is 9.91. The van der Waals surface area contributed by atoms with Crippen LogP contribution in [0.15, 0.2) is 30.3 Å². The zero-order chi connectivity index (χ0) is 13.5. The molecule has 1 aliphatic rings. The number of hydrogen-bond acceptors (Lipinski definition) is 3. The van der Waals surface area contributed by atoms with Gasteiger partial charge in [-0.3, -0.25) is 0 Å². The molecule has 1 saturated carbocycles. The topological polar surface area (TPSA) is 41.5 Å². The highest BCUT2D eigenvalue weighted by Gasteiger charge is 2.26. The minimum absolute atomic E-state index is 0.114. The normalized spacial score (nSPS) is 25.2. The van der Waals surface area contributed by atoms with Gasteiger partial charge < -0.3 is 15.2 Å². The van der Waals surface area contributed by atoms with E-state index in [9.17, 15) is 5.11 Å². The standard InChI is InChI=1S/C16H25NO2/c1-19-16-10-6-5-9-15(16)17-14(12-18)11-13-7-3-2-4-8-13/h2-4,7-8,14-18H,5-6,9-12H2,1H3/t14-,15?,16?/m1/s1. The van der Waals surface area contributed by atoms with Crippen molar-refractivity contribution in [3.63, 3.8) is 0 Å². The van der Waals surface area contributed by atoms with Gasteiger partial charge in [0.2, 0.25) is 0 Å². The van der Waals surface area contributed by atoms with Crippen molar-refractivity contribution in [2.45, 2.75) is 50.3 Å². The number of benzene rings is 1. The third-order valence-electron chi connectivity index (χ3n) is 4.00. The van der Waals surface area contributed by atoms with E-state index in [0.717, 1.165) is 19.3 Å². The molecule has 0 radical (unpaired) electrons. The van der Waals surface area contributed by atoms with Gasteiger partial charge in [-0.15, -0.1) is 0 Å². The number of nitrogens with one attached hydrogen (secondary N) is 1. The van der Waals surface area contributed by atoms with E-state index in [1.54, 1.807) is 7.11 Å². The maximum absolute atomic E-state index is 9.57. The Morgan fingerprint density at radius 1 is 1.26 bits per heavy atom. The molecule has 2 rings (SSSR count). The highest BCUT2D eigenvalue weighted by molar-refractivity contribution is 5.16. The zero-order valence-corrected chi connectivity index (χ0v) is 11.7. The highest BCUT2D eigenvalue weighted by atomic mass is 16.5. The van der Waals surface area contributed by atoms with Crippen molar-refractivity contribution in [3.8, 4) is 0 Å². The van der Waals surface area contributed by atoms with Gasteiger partial charge in [-0.2, -0.15) is 0 Å². The molecule has 3 nitrogen and oxygen atoms in total. The Morgan fingerprint density at radius 2 is 2.00 bits per heavy atom. The smallest absolute Gasteiger partial charge is 0.0724 e. The minimum Gasteiger partial charge on any atom is -0.395 e. The molecule has 106 valence electrons. The van der Waals surface area contributed by atoms with E-state index < -0.39 is 0 Å². The summed E-state index contributed by atoms with van der Waals surface area (Å²) in [6, 6.07) is 10.8. The summed E-state index contributed by atoms with van der Waals surface area (Å²) in [6.45, 7) is 0.168. The van der Waals surface area contributed by atoms with Crippen molar-refractivity contribution in [1.29, 1.82) is 0 Å². The summed E-state index contributed by atoms with van der Waals surface area (Å²) < 4.78 is 5.56. The number of ether oxygens (including phenoxy) is 1. The van der Waals surface area contributed by atoms with Gasteiger partial charge in [0.05, 0.1) is 12.7 Å². The van der Waals surface area contributed by atoms with E-state index in [0.29, 0.717) is 12.1 Å². The number of rotatable bonds is 6. The van der Waals surface area contributed by atoms with Crippen molar-refractivity contribution in [1.82, 2.24) is 5.32 Å². The lowest BCUT2D eigenvalue weighted by molar-refractivity contribution is 0.0344. The van der Waals surface area contributed by atoms with E-state index in [-0.39, 0.29) is 12.6 Å². The van der Waals surface area contributed by atoms with Crippen LogP contribution in [0.4, 0.5) is 0 Å². The van der Waals surface area contributed by atoms with Crippen LogP contribution >= 0.6 is 0 Å². The fourth-order valence-corrected chi connectivity index (χ4v) is 2.95. The van der Waals surface area contributed by atoms with Gasteiger partial charge in [0.1, 0.15) is 0 Å². The molecule has 2 unspecified atom stereocenters. The Morgan fingerprint density at radius 3 is 2.68 bits per heavy atom. The summed E-state index contributed by atoms with van der Waals surface area (Å²) in [6.07, 6.45) is 5.92. The van der Waals surface area contributed by atoms with Gasteiger partial charge >= 0.3 is 0 Å². The van der Waals surface area contributed by atoms with Gasteiger partial charge in [0.25, 0.3) is 0 Å². The van der Waals surface area contributed by atoms with Gasteiger partial charge in [0, 0.05) is 19.2 Å². The summed E-state index contributed by atoms with van der Waals surface area (Å²) >= 11 is 0. The average molecular weight is 263 g/mol. The highest BCUT2D eigenvalue weighted by Crippen LogP contribution is 2.21. The molecule has 1 aromatic carbocycles. The SMILES string of the molecule is COC1CCCCC1N[C@@H](CO)Cc1ccccc1. The fourth-order valence-electron chi connectivity index (χ4n) is 2.95. The first-order chi connectivity index (χ1) is 9.33. The number of aliphatic hydroxyl groups is 1. The second kappa shape index (κ2) is 7.63. The Kier molecular flexibility index (Phi) is 5.83. The lowest BCUT2D eigenvalue weighted by Crippen LogP contribution is -2.49. The van der Waals surface area contributed by atoms with Crippen LogP contribution in [0.1, 0.15) is 31.2 Å². The van der Waals surface area contributed by atoms with Crippen LogP contribution in [-0.2, 0) is 11.2 Å². The van der Waals surface area contributed by atoms with Crippen molar-refractivity contribution < 1.29 is 9.84 Å². The van der Waals surface area contributed by atoms with Crippen LogP contribution in [0, 0.1) is 0 Å². The van der Waals surface area contributed by atoms with E-state index in [4.69, 9.17) is 4.74 Å². The summed E-state index contributed by atoms with van der Waals surface area (Å²) in [5.41, 5.74) is 1.26. The molecule has 0 spiro atoms. The lowest BCUT2D eigenvalue weighted by Gasteiger charge is -2.34. The predicted octanol–water partition coefficient (Wildman–Crippen LogP) is 2.14. The average Bonchev–Trinajstić information content (AvgIpc) is 2.48. The molecule has 2 N–H and O–H groups in total. The molecule has 1 aliphatic carbocycles. The zero-order valence-electron chi connectivity index (χ0n) is 11.7. The second-order valence-electron chi connectivity index (χ2n) is 5.40. The molecule has 0 heterocycles. The Labute approximate surface area is 116 Å². The Balaban J connectivity index is 1.90. The Bertz CT molecular complexity index is 355. The summed E-state index contributed by atoms with van der Waals surface area (Å²) in [5.74, 6) is 0. The molecule has 0 amide bonds. The maximum Gasteiger partial charge on any atom is 0.0724 e. The van der Waals surface area contributed by atoms with Crippen LogP contribution < -0.4 is 5.32 Å². The molecular weight excluding hydrogens is 238 g/mol. The minimum atomic E-state index is 0.114. The van der Waals surface area contributed by atoms with Gasteiger partial charge in [-0.05, 0) is 24.8 Å². The molecule has 0 aromatic heterocycles. The molecule has 3 heteroatoms. The van der Waals surface area contributed by atoms with Crippen LogP contribution in [0.2, 0.25) is 0 Å². The summed E-state index contributed by atoms with van der Waals surface area (Å²) in [7, 11) is 1.79. The van der Waals surface area contributed by atoms with E-state index in [1.165, 1.54) is 18.4 Å². The number of methoxy groups -OCH3 is 1. The van der Waals surface area contributed by atoms with Crippen molar-refractivity contribution >= 4 is 0 Å². The van der Waals surface area contributed by atoms with Crippen LogP contribution in [0.3, 0.4) is 0 Å². The van der Waals surface area contributed by atoms with Gasteiger partial charge in [-0.1, -0.05) is 43.2 Å². The largest absolute Gasteiger partial charge is 0.395 e. The van der Waals surface area contributed by atoms with Crippen molar-refractivity contribution in [3.05, 3.63) is 35.9 Å². The molecular formula is C16H25NO2. The van der Waals surface area contributed by atoms with Crippen LogP contribution in [0.5, 0.6) is 0 Å². The molecule has 1 aromatic rings. The van der Waals surface area contributed by atoms with Gasteiger partial charge in [0.15, 0.2) is 0 Å². The van der Waals surface area contributed by atoms with E-state index in [1.807, 2.05) is 18.2 Å². The first-order valence-electron chi connectivity index (χ1n) is 7.27. The van der Waals surface area contributed by atoms with Crippen molar-refractivity contribution in [2.75, 3.05) is 13.7 Å². The summed E-state index contributed by atoms with van der Waals surface area (Å²) in [4.78, 5) is 0. The molecule has 0 saturated heterocycles. The quantitative estimate of drug-likeness (QED) is 0.826. The van der Waals surface area contributed by atoms with Crippen LogP contribution in [-0.4, -0.2) is 37.0 Å². The molecule has 0 bridgehead atoms. The molecule has 3 atom stereocenters. The number of aliphatic hydroxyl groups excluding tert-OH is 1. The number of hydrogen-bond donors (Lipinski definition) is 2. The van der Waals surface area contributed by atoms with E-state index in [2.05, 4.69) is 17.4 Å². The molecule has 1 fully saturated rings. The molecule has 0 aliphatic heterocycles. The second-order valence-corrected chi connectivity index (χ2v) is 5.40. The third kappa shape index (κ3) is 4.30. The first kappa shape index (κ1) is 14.5. The monoisotopic (exact) mass is 263 g/mol. The fraction of sp³-hybridized carbons (Fsp3) is 0.625. The maximum atomic E-state index is 9.57. The third-order valence-corrected chi connectivity index (χ3v) is 4.00. The first-order valence-corrected chi connectivity index (χ1v) is 7.27. The van der Waals surface area contributed by atoms with Crippen LogP contribution in [0.25, 0.3) is 0 Å². The van der Waals surface area contributed by atoms with Gasteiger partial charge in [-0.25, -0.2) is 0 Å².